The van der Waals surface area contributed by atoms with Crippen molar-refractivity contribution in [2.45, 2.75) is 19.3 Å². The maximum absolute atomic E-state index is 3.75. The van der Waals surface area contributed by atoms with Crippen molar-refractivity contribution in [2.24, 2.45) is 5.92 Å². The first-order valence-electron chi connectivity index (χ1n) is 2.72. The van der Waals surface area contributed by atoms with Crippen LogP contribution < -0.4 is 0 Å². The van der Waals surface area contributed by atoms with Gasteiger partial charge in [-0.15, -0.1) is 5.92 Å². The fourth-order valence-electron chi connectivity index (χ4n) is 0.433. The van der Waals surface area contributed by atoms with E-state index in [4.69, 9.17) is 0 Å². The normalized spacial score (nSPS) is 5.54. The molecule has 0 aromatic rings. The molecule has 0 aromatic heterocycles. The standard InChI is InChI=1S/C7H13.3CH3.3Y/c1-4-7(5-2)6-3;;;;;;/h7H,1-6H2;3*1H3;;;/q-3;3*-1;;;. The second-order valence-electron chi connectivity index (χ2n) is 1.73. The van der Waals surface area contributed by atoms with Crippen LogP contribution in [0.4, 0.5) is 0 Å². The van der Waals surface area contributed by atoms with E-state index < -0.39 is 0 Å². The van der Waals surface area contributed by atoms with E-state index in [1.807, 2.05) is 0 Å². The van der Waals surface area contributed by atoms with E-state index in [9.17, 15) is 0 Å². The van der Waals surface area contributed by atoms with Crippen molar-refractivity contribution < 1.29 is 98.1 Å². The molecule has 0 atom stereocenters. The van der Waals surface area contributed by atoms with Crippen LogP contribution in [-0.4, -0.2) is 0 Å². The molecule has 3 radical (unpaired) electrons. The van der Waals surface area contributed by atoms with Gasteiger partial charge in [0, 0.05) is 98.1 Å². The summed E-state index contributed by atoms with van der Waals surface area (Å²) >= 11 is 0. The molecule has 0 aromatic carbocycles. The van der Waals surface area contributed by atoms with Crippen LogP contribution in [0.5, 0.6) is 0 Å². The molecule has 0 unspecified atom stereocenters. The molecule has 13 heavy (non-hydrogen) atoms. The van der Waals surface area contributed by atoms with Gasteiger partial charge in [0.05, 0.1) is 0 Å². The average molecular weight is 409 g/mol. The summed E-state index contributed by atoms with van der Waals surface area (Å²) in [6.07, 6.45) is 2.94. The third kappa shape index (κ3) is 31.3. The Morgan fingerprint density at radius 2 is 0.769 bits per heavy atom. The van der Waals surface area contributed by atoms with Crippen molar-refractivity contribution in [1.82, 2.24) is 0 Å². The van der Waals surface area contributed by atoms with Crippen molar-refractivity contribution in [3.63, 3.8) is 0 Å². The van der Waals surface area contributed by atoms with Crippen LogP contribution >= 0.6 is 0 Å². The van der Waals surface area contributed by atoms with Gasteiger partial charge in [0.2, 0.25) is 0 Å². The van der Waals surface area contributed by atoms with Crippen LogP contribution in [0.25, 0.3) is 0 Å². The summed E-state index contributed by atoms with van der Waals surface area (Å²) in [6.45, 7) is 11.2. The Hall–Kier alpha value is 3.31. The first-order valence-corrected chi connectivity index (χ1v) is 2.72. The number of rotatable bonds is 3. The van der Waals surface area contributed by atoms with Gasteiger partial charge in [-0.25, -0.2) is 0 Å². The predicted octanol–water partition coefficient (Wildman–Crippen LogP) is 3.62. The maximum Gasteiger partial charge on any atom is 0 e. The zero-order chi connectivity index (χ0) is 5.70. The largest absolute Gasteiger partial charge is 0.358 e. The summed E-state index contributed by atoms with van der Waals surface area (Å²) in [6, 6.07) is 0. The van der Waals surface area contributed by atoms with E-state index in [-0.39, 0.29) is 120 Å². The third-order valence-corrected chi connectivity index (χ3v) is 1.22. The van der Waals surface area contributed by atoms with E-state index >= 15 is 0 Å². The van der Waals surface area contributed by atoms with E-state index in [0.29, 0.717) is 5.92 Å². The van der Waals surface area contributed by atoms with Gasteiger partial charge in [-0.3, -0.25) is 0 Å². The second-order valence-corrected chi connectivity index (χ2v) is 1.73. The van der Waals surface area contributed by atoms with Crippen LogP contribution in [0.3, 0.4) is 0 Å². The molecule has 0 saturated carbocycles. The van der Waals surface area contributed by atoms with Gasteiger partial charge >= 0.3 is 0 Å². The Morgan fingerprint density at radius 3 is 0.769 bits per heavy atom. The molecule has 0 saturated heterocycles. The zero-order valence-electron chi connectivity index (χ0n) is 9.55. The van der Waals surface area contributed by atoms with Gasteiger partial charge in [-0.1, -0.05) is 0 Å². The van der Waals surface area contributed by atoms with Gasteiger partial charge in [0.15, 0.2) is 0 Å². The van der Waals surface area contributed by atoms with Crippen molar-refractivity contribution >= 4 is 0 Å². The van der Waals surface area contributed by atoms with E-state index in [1.165, 1.54) is 0 Å². The van der Waals surface area contributed by atoms with Crippen LogP contribution in [0.2, 0.25) is 0 Å². The van der Waals surface area contributed by atoms with Gasteiger partial charge < -0.3 is 43.1 Å². The molecule has 0 fully saturated rings. The fourth-order valence-corrected chi connectivity index (χ4v) is 0.433. The van der Waals surface area contributed by atoms with E-state index in [2.05, 4.69) is 20.8 Å². The number of hydrogen-bond donors (Lipinski definition) is 0. The van der Waals surface area contributed by atoms with Crippen molar-refractivity contribution in [3.05, 3.63) is 43.1 Å². The van der Waals surface area contributed by atoms with Crippen molar-refractivity contribution in [3.8, 4) is 0 Å². The molecule has 0 rings (SSSR count). The van der Waals surface area contributed by atoms with Gasteiger partial charge in [-0.05, 0) is 0 Å². The Labute approximate surface area is 163 Å². The summed E-state index contributed by atoms with van der Waals surface area (Å²) in [5.41, 5.74) is 0. The molecule has 0 N–H and O–H groups in total. The van der Waals surface area contributed by atoms with Gasteiger partial charge in [0.25, 0.3) is 0 Å². The Kier molecular flexibility index (Phi) is 123. The van der Waals surface area contributed by atoms with Gasteiger partial charge in [0.1, 0.15) is 0 Å². The minimum Gasteiger partial charge on any atom is -0.358 e. The average Bonchev–Trinajstić information content (AvgIpc) is 1.72. The first-order chi connectivity index (χ1) is 3.35. The third-order valence-electron chi connectivity index (χ3n) is 1.22. The Morgan fingerprint density at radius 1 is 0.615 bits per heavy atom. The Bertz CT molecular complexity index is 31.6. The SMILES string of the molecule is [CH2-]CC(C[CH2-])C[CH2-].[CH3-].[CH3-].[CH3-].[Y].[Y].[Y]. The molecule has 0 bridgehead atoms. The molecule has 0 aliphatic carbocycles. The monoisotopic (exact) mass is 409 g/mol. The maximum atomic E-state index is 3.75. The van der Waals surface area contributed by atoms with E-state index in [0.717, 1.165) is 19.3 Å². The minimum absolute atomic E-state index is 0. The predicted molar refractivity (Wildman–Crippen MR) is 52.7 cm³/mol. The molecule has 0 aliphatic heterocycles. The van der Waals surface area contributed by atoms with Gasteiger partial charge in [-0.2, -0.15) is 19.3 Å². The topological polar surface area (TPSA) is 0 Å². The first kappa shape index (κ1) is 44.1. The van der Waals surface area contributed by atoms with Crippen LogP contribution in [0.15, 0.2) is 0 Å². The Balaban J connectivity index is -0.0000000120. The molecule has 0 spiro atoms. The number of hydrogen-bond acceptors (Lipinski definition) is 0. The van der Waals surface area contributed by atoms with Crippen molar-refractivity contribution in [1.29, 1.82) is 0 Å². The molecular formula is C10H22Y3-6. The fraction of sp³-hybridized carbons (Fsp3) is 0.400. The van der Waals surface area contributed by atoms with Crippen LogP contribution in [0, 0.1) is 49.0 Å². The molecule has 77 valence electrons. The summed E-state index contributed by atoms with van der Waals surface area (Å²) < 4.78 is 0. The van der Waals surface area contributed by atoms with Crippen molar-refractivity contribution in [2.75, 3.05) is 0 Å². The molecule has 0 amide bonds. The smallest absolute Gasteiger partial charge is 0 e. The molecule has 0 aliphatic rings. The summed E-state index contributed by atoms with van der Waals surface area (Å²) in [7, 11) is 0. The zero-order valence-corrected chi connectivity index (χ0v) is 18.1. The molecular weight excluding hydrogens is 387 g/mol. The van der Waals surface area contributed by atoms with E-state index in [1.54, 1.807) is 0 Å². The summed E-state index contributed by atoms with van der Waals surface area (Å²) in [4.78, 5) is 0. The minimum atomic E-state index is 0. The molecule has 0 nitrogen and oxygen atoms in total. The second kappa shape index (κ2) is 36.2. The molecule has 0 heterocycles. The van der Waals surface area contributed by atoms with Crippen LogP contribution in [-0.2, 0) is 98.1 Å². The quantitative estimate of drug-likeness (QED) is 0.626. The van der Waals surface area contributed by atoms with Crippen LogP contribution in [0.1, 0.15) is 19.3 Å². The molecule has 3 heteroatoms. The summed E-state index contributed by atoms with van der Waals surface area (Å²) in [5.74, 6) is 0.653. The summed E-state index contributed by atoms with van der Waals surface area (Å²) in [5, 5.41) is 0.